The molecule has 0 saturated carbocycles. The minimum absolute atomic E-state index is 0.209. The Hall–Kier alpha value is -2.47. The number of nitrogens with two attached hydrogens (primary N) is 1. The number of rotatable bonds is 4. The number of primary amides is 1. The first-order valence-electron chi connectivity index (χ1n) is 5.68. The molecule has 1 atom stereocenters. The molecule has 0 fully saturated rings. The largest absolute Gasteiger partial charge is 0.381 e. The zero-order chi connectivity index (χ0) is 13.8. The van der Waals surface area contributed by atoms with Crippen molar-refractivity contribution in [1.82, 2.24) is 10.3 Å². The average Bonchev–Trinajstić information content (AvgIpc) is 2.43. The van der Waals surface area contributed by atoms with E-state index in [1.165, 1.54) is 0 Å². The summed E-state index contributed by atoms with van der Waals surface area (Å²) < 4.78 is 0. The maximum atomic E-state index is 11.8. The summed E-state index contributed by atoms with van der Waals surface area (Å²) in [5.74, 6) is -1.26. The van der Waals surface area contributed by atoms with E-state index in [0.29, 0.717) is 5.56 Å². The van der Waals surface area contributed by atoms with Gasteiger partial charge in [-0.15, -0.1) is 0 Å². The summed E-state index contributed by atoms with van der Waals surface area (Å²) in [6.45, 7) is -0.209. The summed E-state index contributed by atoms with van der Waals surface area (Å²) in [5, 5.41) is 12.5. The van der Waals surface area contributed by atoms with Crippen molar-refractivity contribution in [2.75, 3.05) is 6.54 Å². The van der Waals surface area contributed by atoms with Crippen LogP contribution in [0.15, 0.2) is 36.5 Å². The van der Waals surface area contributed by atoms with Crippen molar-refractivity contribution < 1.29 is 14.7 Å². The Morgan fingerprint density at radius 1 is 1.37 bits per heavy atom. The molecule has 0 radical (unpaired) electrons. The summed E-state index contributed by atoms with van der Waals surface area (Å²) in [4.78, 5) is 26.6. The summed E-state index contributed by atoms with van der Waals surface area (Å²) in [6, 6.07) is 8.67. The number of hydrogen-bond acceptors (Lipinski definition) is 4. The predicted octanol–water partition coefficient (Wildman–Crippen LogP) is -0.189. The Bertz CT molecular complexity index is 627. The molecular formula is C13H13N3O3. The number of nitrogens with zero attached hydrogens (tertiary/aromatic N) is 1. The highest BCUT2D eigenvalue weighted by molar-refractivity contribution is 5.98. The third-order valence-electron chi connectivity index (χ3n) is 2.65. The van der Waals surface area contributed by atoms with Gasteiger partial charge in [0.05, 0.1) is 12.1 Å². The van der Waals surface area contributed by atoms with E-state index < -0.39 is 12.0 Å². The lowest BCUT2D eigenvalue weighted by Gasteiger charge is -2.08. The van der Waals surface area contributed by atoms with Gasteiger partial charge in [0.25, 0.3) is 5.91 Å². The van der Waals surface area contributed by atoms with Gasteiger partial charge in [0.2, 0.25) is 5.91 Å². The highest BCUT2D eigenvalue weighted by atomic mass is 16.3. The summed E-state index contributed by atoms with van der Waals surface area (Å²) in [6.07, 6.45) is 0.289. The van der Waals surface area contributed by atoms with E-state index in [2.05, 4.69) is 10.3 Å². The minimum atomic E-state index is -1.38. The fraction of sp³-hybridized carbons (Fsp3) is 0.154. The number of hydrogen-bond donors (Lipinski definition) is 3. The third kappa shape index (κ3) is 3.05. The van der Waals surface area contributed by atoms with Gasteiger partial charge in [0.15, 0.2) is 0 Å². The van der Waals surface area contributed by atoms with Crippen LogP contribution >= 0.6 is 0 Å². The number of aromatic nitrogens is 1. The average molecular weight is 259 g/mol. The third-order valence-corrected chi connectivity index (χ3v) is 2.65. The maximum absolute atomic E-state index is 11.8. The van der Waals surface area contributed by atoms with Crippen molar-refractivity contribution in [3.8, 4) is 0 Å². The van der Waals surface area contributed by atoms with Crippen LogP contribution in [0.1, 0.15) is 10.4 Å². The molecule has 1 aromatic carbocycles. The number of aliphatic hydroxyl groups is 1. The van der Waals surface area contributed by atoms with Crippen LogP contribution in [0.5, 0.6) is 0 Å². The molecule has 0 saturated heterocycles. The van der Waals surface area contributed by atoms with Gasteiger partial charge >= 0.3 is 0 Å². The van der Waals surface area contributed by atoms with Gasteiger partial charge in [-0.1, -0.05) is 6.07 Å². The zero-order valence-electron chi connectivity index (χ0n) is 10.0. The molecule has 2 aromatic rings. The maximum Gasteiger partial charge on any atom is 0.251 e. The number of fused-ring (bicyclic) bond motifs is 1. The number of amides is 2. The molecule has 0 bridgehead atoms. The highest BCUT2D eigenvalue weighted by Gasteiger charge is 2.13. The van der Waals surface area contributed by atoms with Crippen LogP contribution in [0, 0.1) is 0 Å². The summed E-state index contributed by atoms with van der Waals surface area (Å²) in [5.41, 5.74) is 6.10. The van der Waals surface area contributed by atoms with Gasteiger partial charge in [0.1, 0.15) is 6.10 Å². The molecule has 1 unspecified atom stereocenters. The van der Waals surface area contributed by atoms with Gasteiger partial charge in [0, 0.05) is 17.1 Å². The van der Waals surface area contributed by atoms with Gasteiger partial charge in [-0.05, 0) is 24.3 Å². The smallest absolute Gasteiger partial charge is 0.251 e. The predicted molar refractivity (Wildman–Crippen MR) is 69.3 cm³/mol. The fourth-order valence-electron chi connectivity index (χ4n) is 1.61. The number of pyridine rings is 1. The van der Waals surface area contributed by atoms with E-state index in [4.69, 9.17) is 5.73 Å². The Morgan fingerprint density at radius 3 is 2.89 bits per heavy atom. The Kier molecular flexibility index (Phi) is 3.72. The van der Waals surface area contributed by atoms with Crippen LogP contribution in [-0.4, -0.2) is 34.6 Å². The van der Waals surface area contributed by atoms with Crippen LogP contribution < -0.4 is 11.1 Å². The van der Waals surface area contributed by atoms with Crippen LogP contribution in [0.4, 0.5) is 0 Å². The number of nitrogens with one attached hydrogen (secondary N) is 1. The zero-order valence-corrected chi connectivity index (χ0v) is 10.0. The van der Waals surface area contributed by atoms with E-state index in [1.54, 1.807) is 30.5 Å². The first-order chi connectivity index (χ1) is 9.08. The Balaban J connectivity index is 2.11. The van der Waals surface area contributed by atoms with E-state index >= 15 is 0 Å². The molecule has 0 aliphatic heterocycles. The van der Waals surface area contributed by atoms with Crippen molar-refractivity contribution >= 4 is 22.7 Å². The van der Waals surface area contributed by atoms with Gasteiger partial charge in [-0.25, -0.2) is 0 Å². The molecule has 98 valence electrons. The first kappa shape index (κ1) is 13.0. The summed E-state index contributed by atoms with van der Waals surface area (Å²) in [7, 11) is 0. The monoisotopic (exact) mass is 259 g/mol. The molecule has 2 amide bonds. The molecule has 4 N–H and O–H groups in total. The number of carbonyl (C=O) groups excluding carboxylic acids is 2. The topological polar surface area (TPSA) is 105 Å². The lowest BCUT2D eigenvalue weighted by Crippen LogP contribution is -2.39. The fourth-order valence-corrected chi connectivity index (χ4v) is 1.61. The standard InChI is InChI=1S/C13H13N3O3/c14-12(18)11(17)7-16-13(19)9-3-4-10-8(6-9)2-1-5-15-10/h1-6,11,17H,7H2,(H2,14,18)(H,16,19). The molecule has 0 aliphatic rings. The van der Waals surface area contributed by atoms with Crippen LogP contribution in [-0.2, 0) is 4.79 Å². The normalized spacial score (nSPS) is 12.1. The van der Waals surface area contributed by atoms with Crippen LogP contribution in [0.25, 0.3) is 10.9 Å². The molecule has 1 aromatic heterocycles. The Labute approximate surface area is 109 Å². The second-order valence-corrected chi connectivity index (χ2v) is 4.04. The van der Waals surface area contributed by atoms with Crippen molar-refractivity contribution in [2.45, 2.75) is 6.10 Å². The molecule has 6 heteroatoms. The van der Waals surface area contributed by atoms with Crippen molar-refractivity contribution in [3.05, 3.63) is 42.1 Å². The summed E-state index contributed by atoms with van der Waals surface area (Å²) >= 11 is 0. The molecular weight excluding hydrogens is 246 g/mol. The van der Waals surface area contributed by atoms with Crippen molar-refractivity contribution in [3.63, 3.8) is 0 Å². The molecule has 0 spiro atoms. The van der Waals surface area contributed by atoms with E-state index in [-0.39, 0.29) is 12.5 Å². The van der Waals surface area contributed by atoms with E-state index in [1.807, 2.05) is 6.07 Å². The molecule has 1 heterocycles. The Morgan fingerprint density at radius 2 is 2.16 bits per heavy atom. The number of benzene rings is 1. The van der Waals surface area contributed by atoms with Crippen LogP contribution in [0.3, 0.4) is 0 Å². The van der Waals surface area contributed by atoms with Crippen LogP contribution in [0.2, 0.25) is 0 Å². The SMILES string of the molecule is NC(=O)C(O)CNC(=O)c1ccc2ncccc2c1. The molecule has 0 aliphatic carbocycles. The van der Waals surface area contributed by atoms with Crippen molar-refractivity contribution in [2.24, 2.45) is 5.73 Å². The lowest BCUT2D eigenvalue weighted by molar-refractivity contribution is -0.125. The lowest BCUT2D eigenvalue weighted by atomic mass is 10.1. The van der Waals surface area contributed by atoms with Gasteiger partial charge in [-0.2, -0.15) is 0 Å². The highest BCUT2D eigenvalue weighted by Crippen LogP contribution is 2.13. The second kappa shape index (κ2) is 5.45. The van der Waals surface area contributed by atoms with E-state index in [0.717, 1.165) is 10.9 Å². The number of aliphatic hydroxyl groups excluding tert-OH is 1. The molecule has 6 nitrogen and oxygen atoms in total. The van der Waals surface area contributed by atoms with Crippen molar-refractivity contribution in [1.29, 1.82) is 0 Å². The second-order valence-electron chi connectivity index (χ2n) is 4.04. The van der Waals surface area contributed by atoms with E-state index in [9.17, 15) is 14.7 Å². The molecule has 19 heavy (non-hydrogen) atoms. The minimum Gasteiger partial charge on any atom is -0.381 e. The number of carbonyl (C=O) groups is 2. The first-order valence-corrected chi connectivity index (χ1v) is 5.68. The quantitative estimate of drug-likeness (QED) is 0.707. The van der Waals surface area contributed by atoms with Gasteiger partial charge in [-0.3, -0.25) is 14.6 Å². The van der Waals surface area contributed by atoms with Gasteiger partial charge < -0.3 is 16.2 Å². The molecule has 2 rings (SSSR count).